The number of rotatable bonds is 7. The van der Waals surface area contributed by atoms with E-state index in [4.69, 9.17) is 4.74 Å². The van der Waals surface area contributed by atoms with Gasteiger partial charge in [0, 0.05) is 6.54 Å². The van der Waals surface area contributed by atoms with Gasteiger partial charge >= 0.3 is 5.97 Å². The monoisotopic (exact) mass is 335 g/mol. The van der Waals surface area contributed by atoms with Crippen LogP contribution >= 0.6 is 0 Å². The van der Waals surface area contributed by atoms with Crippen molar-refractivity contribution in [3.05, 3.63) is 35.9 Å². The molecule has 0 bridgehead atoms. The number of carbonyl (C=O) groups excluding carboxylic acids is 2. The molecule has 0 heterocycles. The lowest BCUT2D eigenvalue weighted by Crippen LogP contribution is -2.47. The quantitative estimate of drug-likeness (QED) is 0.751. The molecular weight excluding hydrogens is 306 g/mol. The summed E-state index contributed by atoms with van der Waals surface area (Å²) in [7, 11) is 0. The minimum absolute atomic E-state index is 0.193. The zero-order valence-corrected chi connectivity index (χ0v) is 15.4. The largest absolute Gasteiger partial charge is 0.461 e. The fourth-order valence-electron chi connectivity index (χ4n) is 1.82. The molecular formula is C19H29NO4. The molecule has 0 aliphatic carbocycles. The van der Waals surface area contributed by atoms with Crippen molar-refractivity contribution in [1.29, 1.82) is 0 Å². The second-order valence-electron chi connectivity index (χ2n) is 7.34. The average Bonchev–Trinajstić information content (AvgIpc) is 2.52. The summed E-state index contributed by atoms with van der Waals surface area (Å²) < 4.78 is 5.45. The zero-order chi connectivity index (χ0) is 18.5. The third-order valence-corrected chi connectivity index (χ3v) is 4.75. The summed E-state index contributed by atoms with van der Waals surface area (Å²) in [5.74, 6) is -0.713. The third-order valence-electron chi connectivity index (χ3n) is 4.75. The van der Waals surface area contributed by atoms with Gasteiger partial charge in [-0.3, -0.25) is 9.59 Å². The van der Waals surface area contributed by atoms with Gasteiger partial charge in [0.1, 0.15) is 6.10 Å². The maximum absolute atomic E-state index is 12.5. The standard InChI is InChI=1S/C19H29NO4/c1-13(21)18(3,4)17(23)24-14(2)19(5,6)16(22)20-12-15-10-8-7-9-11-15/h7-11,13-14,21H,12H2,1-6H3,(H,20,22). The van der Waals surface area contributed by atoms with E-state index >= 15 is 0 Å². The lowest BCUT2D eigenvalue weighted by Gasteiger charge is -2.33. The number of nitrogens with one attached hydrogen (secondary N) is 1. The van der Waals surface area contributed by atoms with Crippen LogP contribution in [0, 0.1) is 10.8 Å². The molecule has 0 aliphatic rings. The molecule has 1 rings (SSSR count). The summed E-state index contributed by atoms with van der Waals surface area (Å²) in [5.41, 5.74) is -0.911. The molecule has 134 valence electrons. The van der Waals surface area contributed by atoms with Crippen LogP contribution < -0.4 is 5.32 Å². The van der Waals surface area contributed by atoms with E-state index in [1.54, 1.807) is 41.5 Å². The van der Waals surface area contributed by atoms with Crippen molar-refractivity contribution in [3.63, 3.8) is 0 Å². The van der Waals surface area contributed by atoms with Crippen molar-refractivity contribution < 1.29 is 19.4 Å². The second kappa shape index (κ2) is 7.79. The fourth-order valence-corrected chi connectivity index (χ4v) is 1.82. The number of ether oxygens (including phenoxy) is 1. The molecule has 1 amide bonds. The van der Waals surface area contributed by atoms with Gasteiger partial charge in [0.05, 0.1) is 16.9 Å². The van der Waals surface area contributed by atoms with Crippen molar-refractivity contribution in [2.75, 3.05) is 0 Å². The van der Waals surface area contributed by atoms with E-state index in [1.807, 2.05) is 30.3 Å². The Morgan fingerprint density at radius 2 is 1.62 bits per heavy atom. The number of hydrogen-bond acceptors (Lipinski definition) is 4. The molecule has 0 spiro atoms. The summed E-state index contributed by atoms with van der Waals surface area (Å²) >= 11 is 0. The molecule has 24 heavy (non-hydrogen) atoms. The SMILES string of the molecule is CC(O)C(C)(C)C(=O)OC(C)C(C)(C)C(=O)NCc1ccccc1. The Kier molecular flexibility index (Phi) is 6.55. The van der Waals surface area contributed by atoms with Crippen molar-refractivity contribution in [3.8, 4) is 0 Å². The zero-order valence-electron chi connectivity index (χ0n) is 15.4. The molecule has 0 saturated heterocycles. The van der Waals surface area contributed by atoms with Gasteiger partial charge in [-0.2, -0.15) is 0 Å². The van der Waals surface area contributed by atoms with Gasteiger partial charge in [-0.15, -0.1) is 0 Å². The van der Waals surface area contributed by atoms with Gasteiger partial charge < -0.3 is 15.2 Å². The van der Waals surface area contributed by atoms with Crippen LogP contribution in [0.5, 0.6) is 0 Å². The highest BCUT2D eigenvalue weighted by molar-refractivity contribution is 5.83. The maximum Gasteiger partial charge on any atom is 0.314 e. The molecule has 1 aromatic carbocycles. The number of carbonyl (C=O) groups is 2. The van der Waals surface area contributed by atoms with Crippen LogP contribution in [0.2, 0.25) is 0 Å². The van der Waals surface area contributed by atoms with Crippen LogP contribution in [0.3, 0.4) is 0 Å². The molecule has 0 saturated carbocycles. The highest BCUT2D eigenvalue weighted by Crippen LogP contribution is 2.28. The summed E-state index contributed by atoms with van der Waals surface area (Å²) in [6.45, 7) is 10.4. The lowest BCUT2D eigenvalue weighted by atomic mass is 9.84. The van der Waals surface area contributed by atoms with Gasteiger partial charge in [0.15, 0.2) is 0 Å². The predicted octanol–water partition coefficient (Wildman–Crippen LogP) is 2.67. The summed E-state index contributed by atoms with van der Waals surface area (Å²) in [4.78, 5) is 24.7. The minimum Gasteiger partial charge on any atom is -0.461 e. The van der Waals surface area contributed by atoms with Crippen LogP contribution in [-0.4, -0.2) is 29.2 Å². The van der Waals surface area contributed by atoms with Gasteiger partial charge in [0.25, 0.3) is 0 Å². The van der Waals surface area contributed by atoms with Crippen LogP contribution in [0.25, 0.3) is 0 Å². The van der Waals surface area contributed by atoms with Crippen molar-refractivity contribution in [2.24, 2.45) is 10.8 Å². The Hall–Kier alpha value is -1.88. The number of esters is 1. The smallest absolute Gasteiger partial charge is 0.314 e. The van der Waals surface area contributed by atoms with E-state index in [0.29, 0.717) is 6.54 Å². The first-order chi connectivity index (χ1) is 11.0. The molecule has 5 nitrogen and oxygen atoms in total. The summed E-state index contributed by atoms with van der Waals surface area (Å²) in [5, 5.41) is 12.6. The number of aliphatic hydroxyl groups excluding tert-OH is 1. The molecule has 0 aliphatic heterocycles. The van der Waals surface area contributed by atoms with Crippen molar-refractivity contribution >= 4 is 11.9 Å². The Bertz CT molecular complexity index is 564. The first-order valence-electron chi connectivity index (χ1n) is 8.21. The highest BCUT2D eigenvalue weighted by atomic mass is 16.5. The average molecular weight is 335 g/mol. The Morgan fingerprint density at radius 3 is 2.12 bits per heavy atom. The first kappa shape index (κ1) is 20.2. The molecule has 2 unspecified atom stereocenters. The summed E-state index contributed by atoms with van der Waals surface area (Å²) in [6.07, 6.45) is -1.47. The van der Waals surface area contributed by atoms with Gasteiger partial charge in [-0.05, 0) is 47.1 Å². The van der Waals surface area contributed by atoms with Crippen LogP contribution in [-0.2, 0) is 20.9 Å². The van der Waals surface area contributed by atoms with Crippen LogP contribution in [0.15, 0.2) is 30.3 Å². The van der Waals surface area contributed by atoms with Crippen LogP contribution in [0.4, 0.5) is 0 Å². The highest BCUT2D eigenvalue weighted by Gasteiger charge is 2.41. The van der Waals surface area contributed by atoms with E-state index in [0.717, 1.165) is 5.56 Å². The molecule has 5 heteroatoms. The topological polar surface area (TPSA) is 75.6 Å². The normalized spacial score (nSPS) is 14.6. The Morgan fingerprint density at radius 1 is 1.08 bits per heavy atom. The van der Waals surface area contributed by atoms with E-state index in [1.165, 1.54) is 0 Å². The molecule has 2 atom stereocenters. The van der Waals surface area contributed by atoms with Gasteiger partial charge in [-0.1, -0.05) is 30.3 Å². The molecule has 0 radical (unpaired) electrons. The number of benzene rings is 1. The fraction of sp³-hybridized carbons (Fsp3) is 0.579. The minimum atomic E-state index is -1.02. The Labute approximate surface area is 144 Å². The molecule has 2 N–H and O–H groups in total. The van der Waals surface area contributed by atoms with E-state index in [2.05, 4.69) is 5.32 Å². The number of hydrogen-bond donors (Lipinski definition) is 2. The number of amides is 1. The Balaban J connectivity index is 2.68. The number of aliphatic hydroxyl groups is 1. The molecule has 1 aromatic rings. The van der Waals surface area contributed by atoms with Gasteiger partial charge in [0.2, 0.25) is 5.91 Å². The van der Waals surface area contributed by atoms with Gasteiger partial charge in [-0.25, -0.2) is 0 Å². The molecule has 0 fully saturated rings. The third kappa shape index (κ3) is 4.81. The summed E-state index contributed by atoms with van der Waals surface area (Å²) in [6, 6.07) is 9.61. The van der Waals surface area contributed by atoms with E-state index < -0.39 is 29.0 Å². The maximum atomic E-state index is 12.5. The van der Waals surface area contributed by atoms with E-state index in [9.17, 15) is 14.7 Å². The molecule has 0 aromatic heterocycles. The second-order valence-corrected chi connectivity index (χ2v) is 7.34. The lowest BCUT2D eigenvalue weighted by molar-refractivity contribution is -0.171. The van der Waals surface area contributed by atoms with Crippen molar-refractivity contribution in [1.82, 2.24) is 5.32 Å². The van der Waals surface area contributed by atoms with Crippen molar-refractivity contribution in [2.45, 2.75) is 60.3 Å². The van der Waals surface area contributed by atoms with E-state index in [-0.39, 0.29) is 5.91 Å². The predicted molar refractivity (Wildman–Crippen MR) is 93.1 cm³/mol. The van der Waals surface area contributed by atoms with Crippen LogP contribution in [0.1, 0.15) is 47.1 Å². The first-order valence-corrected chi connectivity index (χ1v) is 8.21.